The Bertz CT molecular complexity index is 416. The van der Waals surface area contributed by atoms with Crippen LogP contribution in [0.5, 0.6) is 0 Å². The van der Waals surface area contributed by atoms with E-state index in [9.17, 15) is 9.59 Å². The first-order valence-electron chi connectivity index (χ1n) is 5.41. The maximum atomic E-state index is 11.4. The van der Waals surface area contributed by atoms with Gasteiger partial charge in [0.05, 0.1) is 0 Å². The van der Waals surface area contributed by atoms with Gasteiger partial charge in [-0.2, -0.15) is 0 Å². The van der Waals surface area contributed by atoms with Crippen LogP contribution < -0.4 is 10.6 Å². The number of nitrogens with one attached hydrogen (secondary N) is 2. The van der Waals surface area contributed by atoms with Crippen molar-refractivity contribution in [1.82, 2.24) is 4.90 Å². The Kier molecular flexibility index (Phi) is 4.51. The first kappa shape index (κ1) is 13.0. The van der Waals surface area contributed by atoms with E-state index in [-0.39, 0.29) is 11.9 Å². The number of amides is 3. The third-order valence-corrected chi connectivity index (χ3v) is 2.12. The van der Waals surface area contributed by atoms with Crippen LogP contribution in [0.1, 0.15) is 13.3 Å². The van der Waals surface area contributed by atoms with Gasteiger partial charge in [0.15, 0.2) is 0 Å². The van der Waals surface area contributed by atoms with Gasteiger partial charge in [-0.15, -0.1) is 0 Å². The molecule has 0 atom stereocenters. The standard InChI is InChI=1S/C12H17N3O2/c1-4-11(16)13-9-6-5-7-10(8-9)14-12(17)15(2)3/h5-8H,4H2,1-3H3,(H,13,16)(H,14,17). The van der Waals surface area contributed by atoms with Crippen LogP contribution in [0.25, 0.3) is 0 Å². The van der Waals surface area contributed by atoms with Gasteiger partial charge in [0.2, 0.25) is 5.91 Å². The first-order valence-corrected chi connectivity index (χ1v) is 5.41. The second-order valence-corrected chi connectivity index (χ2v) is 3.81. The number of carbonyl (C=O) groups excluding carboxylic acids is 2. The molecule has 0 aliphatic rings. The SMILES string of the molecule is CCC(=O)Nc1cccc(NC(=O)N(C)C)c1. The van der Waals surface area contributed by atoms with Crippen molar-refractivity contribution in [2.24, 2.45) is 0 Å². The van der Waals surface area contributed by atoms with E-state index in [2.05, 4.69) is 10.6 Å². The minimum Gasteiger partial charge on any atom is -0.331 e. The molecule has 0 heterocycles. The minimum atomic E-state index is -0.205. The summed E-state index contributed by atoms with van der Waals surface area (Å²) < 4.78 is 0. The summed E-state index contributed by atoms with van der Waals surface area (Å²) in [5, 5.41) is 5.44. The molecule has 1 rings (SSSR count). The lowest BCUT2D eigenvalue weighted by Gasteiger charge is -2.12. The van der Waals surface area contributed by atoms with E-state index in [4.69, 9.17) is 0 Å². The van der Waals surface area contributed by atoms with Crippen molar-refractivity contribution < 1.29 is 9.59 Å². The predicted octanol–water partition coefficient (Wildman–Crippen LogP) is 2.13. The van der Waals surface area contributed by atoms with Crippen molar-refractivity contribution in [3.63, 3.8) is 0 Å². The Hall–Kier alpha value is -2.04. The summed E-state index contributed by atoms with van der Waals surface area (Å²) in [4.78, 5) is 24.1. The zero-order valence-corrected chi connectivity index (χ0v) is 10.3. The van der Waals surface area contributed by atoms with E-state index < -0.39 is 0 Å². The normalized spacial score (nSPS) is 9.59. The summed E-state index contributed by atoms with van der Waals surface area (Å²) in [5.74, 6) is -0.0545. The van der Waals surface area contributed by atoms with Crippen LogP contribution in [0, 0.1) is 0 Å². The van der Waals surface area contributed by atoms with E-state index in [0.29, 0.717) is 17.8 Å². The number of anilines is 2. The monoisotopic (exact) mass is 235 g/mol. The maximum Gasteiger partial charge on any atom is 0.321 e. The summed E-state index contributed by atoms with van der Waals surface area (Å²) in [5.41, 5.74) is 1.33. The fourth-order valence-corrected chi connectivity index (χ4v) is 1.16. The summed E-state index contributed by atoms with van der Waals surface area (Å²) in [7, 11) is 3.33. The van der Waals surface area contributed by atoms with Crippen LogP contribution >= 0.6 is 0 Å². The number of hydrogen-bond donors (Lipinski definition) is 2. The molecule has 3 amide bonds. The van der Waals surface area contributed by atoms with Gasteiger partial charge in [0, 0.05) is 31.9 Å². The molecule has 0 saturated heterocycles. The van der Waals surface area contributed by atoms with Gasteiger partial charge < -0.3 is 15.5 Å². The Morgan fingerprint density at radius 2 is 1.76 bits per heavy atom. The smallest absolute Gasteiger partial charge is 0.321 e. The summed E-state index contributed by atoms with van der Waals surface area (Å²) in [6, 6.07) is 6.83. The Labute approximate surface area is 101 Å². The molecule has 0 spiro atoms. The molecule has 0 fully saturated rings. The zero-order chi connectivity index (χ0) is 12.8. The van der Waals surface area contributed by atoms with Crippen LogP contribution in [-0.4, -0.2) is 30.9 Å². The Balaban J connectivity index is 2.72. The topological polar surface area (TPSA) is 61.4 Å². The Morgan fingerprint density at radius 3 is 2.29 bits per heavy atom. The molecule has 0 unspecified atom stereocenters. The highest BCUT2D eigenvalue weighted by atomic mass is 16.2. The minimum absolute atomic E-state index is 0.0545. The van der Waals surface area contributed by atoms with Gasteiger partial charge in [-0.25, -0.2) is 4.79 Å². The summed E-state index contributed by atoms with van der Waals surface area (Å²) in [6.07, 6.45) is 0.425. The van der Waals surface area contributed by atoms with Crippen LogP contribution in [-0.2, 0) is 4.79 Å². The van der Waals surface area contributed by atoms with Crippen molar-refractivity contribution in [2.75, 3.05) is 24.7 Å². The van der Waals surface area contributed by atoms with Crippen molar-refractivity contribution in [2.45, 2.75) is 13.3 Å². The number of hydrogen-bond acceptors (Lipinski definition) is 2. The van der Waals surface area contributed by atoms with Crippen LogP contribution in [0.3, 0.4) is 0 Å². The number of rotatable bonds is 3. The van der Waals surface area contributed by atoms with Crippen molar-refractivity contribution in [1.29, 1.82) is 0 Å². The van der Waals surface area contributed by atoms with Gasteiger partial charge in [-0.3, -0.25) is 4.79 Å². The lowest BCUT2D eigenvalue weighted by atomic mass is 10.2. The Morgan fingerprint density at radius 1 is 1.18 bits per heavy atom. The van der Waals surface area contributed by atoms with Gasteiger partial charge in [-0.1, -0.05) is 13.0 Å². The van der Waals surface area contributed by atoms with E-state index >= 15 is 0 Å². The molecule has 17 heavy (non-hydrogen) atoms. The number of benzene rings is 1. The molecule has 1 aromatic carbocycles. The fraction of sp³-hybridized carbons (Fsp3) is 0.333. The van der Waals surface area contributed by atoms with Crippen LogP contribution in [0.4, 0.5) is 16.2 Å². The van der Waals surface area contributed by atoms with Crippen molar-refractivity contribution >= 4 is 23.3 Å². The molecule has 5 heteroatoms. The molecule has 2 N–H and O–H groups in total. The lowest BCUT2D eigenvalue weighted by molar-refractivity contribution is -0.115. The predicted molar refractivity (Wildman–Crippen MR) is 68.1 cm³/mol. The maximum absolute atomic E-state index is 11.4. The molecule has 0 aliphatic heterocycles. The average molecular weight is 235 g/mol. The molecule has 0 aromatic heterocycles. The highest BCUT2D eigenvalue weighted by Crippen LogP contribution is 2.15. The van der Waals surface area contributed by atoms with Gasteiger partial charge in [0.25, 0.3) is 0 Å². The summed E-state index contributed by atoms with van der Waals surface area (Å²) >= 11 is 0. The average Bonchev–Trinajstić information content (AvgIpc) is 2.29. The molecule has 0 aliphatic carbocycles. The van der Waals surface area contributed by atoms with E-state index in [1.54, 1.807) is 45.3 Å². The van der Waals surface area contributed by atoms with Gasteiger partial charge >= 0.3 is 6.03 Å². The van der Waals surface area contributed by atoms with Crippen LogP contribution in [0.2, 0.25) is 0 Å². The highest BCUT2D eigenvalue weighted by Gasteiger charge is 2.05. The molecule has 0 bridgehead atoms. The molecule has 0 radical (unpaired) electrons. The second kappa shape index (κ2) is 5.89. The number of carbonyl (C=O) groups is 2. The van der Waals surface area contributed by atoms with Crippen LogP contribution in [0.15, 0.2) is 24.3 Å². The highest BCUT2D eigenvalue weighted by molar-refractivity contribution is 5.93. The van der Waals surface area contributed by atoms with Gasteiger partial charge in [-0.05, 0) is 18.2 Å². The largest absolute Gasteiger partial charge is 0.331 e. The van der Waals surface area contributed by atoms with E-state index in [0.717, 1.165) is 0 Å². The zero-order valence-electron chi connectivity index (χ0n) is 10.3. The molecule has 5 nitrogen and oxygen atoms in total. The third-order valence-electron chi connectivity index (χ3n) is 2.12. The van der Waals surface area contributed by atoms with Crippen molar-refractivity contribution in [3.8, 4) is 0 Å². The fourth-order valence-electron chi connectivity index (χ4n) is 1.16. The number of urea groups is 1. The number of nitrogens with zero attached hydrogens (tertiary/aromatic N) is 1. The molecular formula is C12H17N3O2. The molecule has 0 saturated carbocycles. The molecule has 1 aromatic rings. The molecule has 92 valence electrons. The lowest BCUT2D eigenvalue weighted by Crippen LogP contribution is -2.27. The first-order chi connectivity index (χ1) is 8.02. The molecular weight excluding hydrogens is 218 g/mol. The van der Waals surface area contributed by atoms with E-state index in [1.807, 2.05) is 0 Å². The quantitative estimate of drug-likeness (QED) is 0.843. The van der Waals surface area contributed by atoms with Crippen molar-refractivity contribution in [3.05, 3.63) is 24.3 Å². The van der Waals surface area contributed by atoms with Gasteiger partial charge in [0.1, 0.15) is 0 Å². The third kappa shape index (κ3) is 4.14. The second-order valence-electron chi connectivity index (χ2n) is 3.81. The summed E-state index contributed by atoms with van der Waals surface area (Å²) in [6.45, 7) is 1.78. The van der Waals surface area contributed by atoms with E-state index in [1.165, 1.54) is 4.90 Å².